The van der Waals surface area contributed by atoms with Gasteiger partial charge in [-0.25, -0.2) is 0 Å². The van der Waals surface area contributed by atoms with Gasteiger partial charge in [-0.2, -0.15) is 18.3 Å². The molecule has 1 aromatic carbocycles. The summed E-state index contributed by atoms with van der Waals surface area (Å²) in [4.78, 5) is 0. The molecule has 0 amide bonds. The lowest BCUT2D eigenvalue weighted by Crippen LogP contribution is -2.06. The summed E-state index contributed by atoms with van der Waals surface area (Å²) in [5.41, 5.74) is 0.410. The molecule has 3 rings (SSSR count). The van der Waals surface area contributed by atoms with Gasteiger partial charge < -0.3 is 9.30 Å². The lowest BCUT2D eigenvalue weighted by atomic mass is 10.1. The van der Waals surface area contributed by atoms with Crippen LogP contribution in [0.4, 0.5) is 13.2 Å². The van der Waals surface area contributed by atoms with E-state index in [2.05, 4.69) is 15.3 Å². The molecule has 0 saturated carbocycles. The van der Waals surface area contributed by atoms with Gasteiger partial charge in [-0.1, -0.05) is 23.4 Å². The highest BCUT2D eigenvalue weighted by atomic mass is 35.5. The molecule has 3 aromatic rings. The van der Waals surface area contributed by atoms with Crippen LogP contribution in [-0.4, -0.2) is 30.8 Å². The van der Waals surface area contributed by atoms with E-state index in [1.54, 1.807) is 23.6 Å². The van der Waals surface area contributed by atoms with Crippen molar-refractivity contribution < 1.29 is 17.9 Å². The van der Waals surface area contributed by atoms with Crippen molar-refractivity contribution in [2.24, 2.45) is 14.1 Å². The second-order valence-corrected chi connectivity index (χ2v) is 7.26. The molecule has 0 unspecified atom stereocenters. The van der Waals surface area contributed by atoms with E-state index in [0.717, 1.165) is 21.5 Å². The van der Waals surface area contributed by atoms with E-state index in [0.29, 0.717) is 22.2 Å². The number of nitrogens with zero attached hydrogens (tertiary/aromatic N) is 5. The highest BCUT2D eigenvalue weighted by molar-refractivity contribution is 7.98. The van der Waals surface area contributed by atoms with Crippen molar-refractivity contribution in [2.75, 3.05) is 6.26 Å². The quantitative estimate of drug-likeness (QED) is 0.557. The topological polar surface area (TPSA) is 57.8 Å². The maximum absolute atomic E-state index is 13.0. The molecule has 0 fully saturated rings. The Bertz CT molecular complexity index is 1020. The number of hydrogen-bond acceptors (Lipinski definition) is 5. The number of thioether (sulfide) groups is 1. The zero-order valence-electron chi connectivity index (χ0n) is 15.5. The molecule has 0 N–H and O–H groups in total. The van der Waals surface area contributed by atoms with E-state index in [-0.39, 0.29) is 12.3 Å². The number of alkyl halides is 3. The lowest BCUT2D eigenvalue weighted by Gasteiger charge is -2.13. The first-order chi connectivity index (χ1) is 13.1. The van der Waals surface area contributed by atoms with Crippen LogP contribution in [0.25, 0.3) is 11.3 Å². The fourth-order valence-corrected chi connectivity index (χ4v) is 3.29. The number of ether oxygens (including phenoxy) is 1. The monoisotopic (exact) mass is 431 g/mol. The van der Waals surface area contributed by atoms with Crippen molar-refractivity contribution in [3.63, 3.8) is 0 Å². The number of benzene rings is 1. The van der Waals surface area contributed by atoms with Gasteiger partial charge in [0.1, 0.15) is 12.4 Å². The highest BCUT2D eigenvalue weighted by Crippen LogP contribution is 2.38. The Morgan fingerprint density at radius 1 is 1.18 bits per heavy atom. The highest BCUT2D eigenvalue weighted by Gasteiger charge is 2.35. The Balaban J connectivity index is 1.99. The van der Waals surface area contributed by atoms with Gasteiger partial charge in [0.2, 0.25) is 0 Å². The largest absolute Gasteiger partial charge is 0.485 e. The van der Waals surface area contributed by atoms with Gasteiger partial charge in [-0.15, -0.1) is 10.2 Å². The predicted octanol–water partition coefficient (Wildman–Crippen LogP) is 4.50. The summed E-state index contributed by atoms with van der Waals surface area (Å²) in [5, 5.41) is 12.8. The normalized spacial score (nSPS) is 11.9. The molecular formula is C17H17ClF3N5OS. The fourth-order valence-electron chi connectivity index (χ4n) is 2.62. The van der Waals surface area contributed by atoms with Crippen molar-refractivity contribution in [3.8, 4) is 17.0 Å². The van der Waals surface area contributed by atoms with E-state index in [9.17, 15) is 13.2 Å². The first kappa shape index (κ1) is 20.5. The molecule has 0 radical (unpaired) electrons. The van der Waals surface area contributed by atoms with Crippen LogP contribution in [0.2, 0.25) is 5.02 Å². The Kier molecular flexibility index (Phi) is 5.62. The first-order valence-corrected chi connectivity index (χ1v) is 9.69. The molecular weight excluding hydrogens is 415 g/mol. The average molecular weight is 432 g/mol. The minimum atomic E-state index is -4.54. The van der Waals surface area contributed by atoms with Crippen molar-refractivity contribution in [3.05, 3.63) is 40.3 Å². The molecule has 0 aliphatic rings. The predicted molar refractivity (Wildman–Crippen MR) is 101 cm³/mol. The van der Waals surface area contributed by atoms with E-state index in [4.69, 9.17) is 16.3 Å². The van der Waals surface area contributed by atoms with E-state index >= 15 is 0 Å². The Morgan fingerprint density at radius 2 is 1.89 bits per heavy atom. The van der Waals surface area contributed by atoms with Crippen LogP contribution in [0.3, 0.4) is 0 Å². The third kappa shape index (κ3) is 3.97. The maximum Gasteiger partial charge on any atom is 0.435 e. The van der Waals surface area contributed by atoms with Gasteiger partial charge >= 0.3 is 6.18 Å². The summed E-state index contributed by atoms with van der Waals surface area (Å²) in [5.74, 6) is 0.969. The smallest absolute Gasteiger partial charge is 0.435 e. The molecule has 2 aromatic heterocycles. The Hall–Kier alpha value is -2.20. The van der Waals surface area contributed by atoms with Crippen LogP contribution in [0.1, 0.15) is 17.1 Å². The van der Waals surface area contributed by atoms with Gasteiger partial charge in [0, 0.05) is 24.7 Å². The molecule has 0 atom stereocenters. The van der Waals surface area contributed by atoms with Crippen LogP contribution in [0.15, 0.2) is 23.4 Å². The summed E-state index contributed by atoms with van der Waals surface area (Å²) >= 11 is 7.66. The minimum Gasteiger partial charge on any atom is -0.485 e. The van der Waals surface area contributed by atoms with Gasteiger partial charge in [0.25, 0.3) is 0 Å². The number of rotatable bonds is 5. The summed E-state index contributed by atoms with van der Waals surface area (Å²) in [6.45, 7) is 1.89. The number of halogens is 4. The summed E-state index contributed by atoms with van der Waals surface area (Å²) in [6.07, 6.45) is -2.66. The first-order valence-electron chi connectivity index (χ1n) is 8.08. The molecule has 6 nitrogen and oxygen atoms in total. The lowest BCUT2D eigenvalue weighted by molar-refractivity contribution is -0.141. The van der Waals surface area contributed by atoms with Crippen LogP contribution >= 0.6 is 23.4 Å². The maximum atomic E-state index is 13.0. The Morgan fingerprint density at radius 3 is 2.46 bits per heavy atom. The standard InChI is InChI=1S/C17H17ClF3N5OS/c1-9-5-13(27-8-15-22-23-16(28-4)25(15)2)10(6-11(9)18)12-7-14(17(19,20)21)24-26(12)3/h5-7H,8H2,1-4H3. The molecule has 0 bridgehead atoms. The molecule has 0 spiro atoms. The van der Waals surface area contributed by atoms with E-state index in [1.807, 2.05) is 13.3 Å². The molecule has 0 aliphatic heterocycles. The van der Waals surface area contributed by atoms with Crippen molar-refractivity contribution >= 4 is 23.4 Å². The van der Waals surface area contributed by atoms with Crippen LogP contribution < -0.4 is 4.74 Å². The molecule has 0 saturated heterocycles. The third-order valence-corrected chi connectivity index (χ3v) is 5.30. The van der Waals surface area contributed by atoms with Crippen LogP contribution in [0.5, 0.6) is 5.75 Å². The molecule has 0 aliphatic carbocycles. The molecule has 11 heteroatoms. The van der Waals surface area contributed by atoms with Gasteiger partial charge in [0.05, 0.1) is 5.69 Å². The average Bonchev–Trinajstić information content (AvgIpc) is 3.18. The molecule has 28 heavy (non-hydrogen) atoms. The fraction of sp³-hybridized carbons (Fsp3) is 0.353. The van der Waals surface area contributed by atoms with Crippen LogP contribution in [-0.2, 0) is 26.9 Å². The Labute approximate surface area is 168 Å². The van der Waals surface area contributed by atoms with E-state index < -0.39 is 11.9 Å². The minimum absolute atomic E-state index is 0.0993. The molecule has 2 heterocycles. The zero-order chi connectivity index (χ0) is 20.6. The molecule has 150 valence electrons. The van der Waals surface area contributed by atoms with E-state index in [1.165, 1.54) is 18.8 Å². The van der Waals surface area contributed by atoms with Crippen molar-refractivity contribution in [1.82, 2.24) is 24.5 Å². The van der Waals surface area contributed by atoms with Crippen LogP contribution in [0, 0.1) is 6.92 Å². The number of aryl methyl sites for hydroxylation is 2. The van der Waals surface area contributed by atoms with Gasteiger partial charge in [-0.3, -0.25) is 4.68 Å². The number of hydrogen-bond donors (Lipinski definition) is 0. The summed E-state index contributed by atoms with van der Waals surface area (Å²) < 4.78 is 47.9. The zero-order valence-corrected chi connectivity index (χ0v) is 17.1. The van der Waals surface area contributed by atoms with Crippen molar-refractivity contribution in [2.45, 2.75) is 24.9 Å². The SMILES string of the molecule is CSc1nnc(COc2cc(C)c(Cl)cc2-c2cc(C(F)(F)F)nn2C)n1C. The third-order valence-electron chi connectivity index (χ3n) is 4.17. The second-order valence-electron chi connectivity index (χ2n) is 6.08. The van der Waals surface area contributed by atoms with Gasteiger partial charge in [-0.05, 0) is 36.9 Å². The van der Waals surface area contributed by atoms with Gasteiger partial charge in [0.15, 0.2) is 16.7 Å². The summed E-state index contributed by atoms with van der Waals surface area (Å²) in [7, 11) is 3.25. The second kappa shape index (κ2) is 7.67. The number of aromatic nitrogens is 5. The summed E-state index contributed by atoms with van der Waals surface area (Å²) in [6, 6.07) is 4.24. The van der Waals surface area contributed by atoms with Crippen molar-refractivity contribution in [1.29, 1.82) is 0 Å².